The van der Waals surface area contributed by atoms with Crippen LogP contribution in [0.25, 0.3) is 10.8 Å². The second-order valence-electron chi connectivity index (χ2n) is 7.52. The fourth-order valence-corrected chi connectivity index (χ4v) is 4.53. The van der Waals surface area contributed by atoms with Gasteiger partial charge in [0.15, 0.2) is 11.5 Å². The quantitative estimate of drug-likeness (QED) is 0.839. The highest BCUT2D eigenvalue weighted by Gasteiger charge is 2.37. The lowest BCUT2D eigenvalue weighted by atomic mass is 9.70. The Bertz CT molecular complexity index is 805. The van der Waals surface area contributed by atoms with Crippen LogP contribution in [0.5, 0.6) is 11.5 Å². The van der Waals surface area contributed by atoms with Gasteiger partial charge in [-0.05, 0) is 53.7 Å². The van der Waals surface area contributed by atoms with Crippen molar-refractivity contribution >= 4 is 10.8 Å². The first-order chi connectivity index (χ1) is 11.0. The summed E-state index contributed by atoms with van der Waals surface area (Å²) in [6.45, 7) is 7.00. The van der Waals surface area contributed by atoms with Gasteiger partial charge in [0.25, 0.3) is 0 Å². The van der Waals surface area contributed by atoms with Crippen LogP contribution in [0, 0.1) is 6.92 Å². The van der Waals surface area contributed by atoms with Crippen molar-refractivity contribution in [2.45, 2.75) is 51.6 Å². The molecule has 4 rings (SSSR count). The zero-order chi connectivity index (χ0) is 16.4. The van der Waals surface area contributed by atoms with E-state index in [2.05, 4.69) is 32.9 Å². The topological polar surface area (TPSA) is 38.7 Å². The maximum atomic E-state index is 11.0. The van der Waals surface area contributed by atoms with Gasteiger partial charge in [-0.25, -0.2) is 0 Å². The molecule has 1 aliphatic heterocycles. The molecule has 0 saturated heterocycles. The van der Waals surface area contributed by atoms with Crippen LogP contribution in [0.1, 0.15) is 55.0 Å². The highest BCUT2D eigenvalue weighted by atomic mass is 16.5. The van der Waals surface area contributed by atoms with E-state index in [4.69, 9.17) is 9.47 Å². The van der Waals surface area contributed by atoms with Crippen LogP contribution in [-0.2, 0) is 16.6 Å². The summed E-state index contributed by atoms with van der Waals surface area (Å²) in [5, 5.41) is 13.3. The van der Waals surface area contributed by atoms with Crippen LogP contribution in [0.3, 0.4) is 0 Å². The van der Waals surface area contributed by atoms with Gasteiger partial charge in [0.05, 0.1) is 0 Å². The van der Waals surface area contributed by atoms with E-state index in [1.807, 2.05) is 0 Å². The van der Waals surface area contributed by atoms with Crippen LogP contribution >= 0.6 is 0 Å². The van der Waals surface area contributed by atoms with E-state index >= 15 is 0 Å². The number of benzene rings is 2. The number of hydrogen-bond donors (Lipinski definition) is 1. The molecule has 0 unspecified atom stereocenters. The Hall–Kier alpha value is -1.74. The van der Waals surface area contributed by atoms with Crippen LogP contribution < -0.4 is 4.74 Å². The summed E-state index contributed by atoms with van der Waals surface area (Å²) in [5.41, 5.74) is 4.72. The zero-order valence-electron chi connectivity index (χ0n) is 14.3. The van der Waals surface area contributed by atoms with Crippen molar-refractivity contribution in [2.75, 3.05) is 13.7 Å². The highest BCUT2D eigenvalue weighted by molar-refractivity contribution is 5.99. The molecule has 0 fully saturated rings. The first kappa shape index (κ1) is 14.8. The molecular weight excluding hydrogens is 288 g/mol. The number of phenolic OH excluding ortho intramolecular Hbond substituents is 1. The SMILES string of the molecule is CO[C@@H]1COc2c(O)c3c(c4ccc(C)c1c24)CCCC3(C)C. The summed E-state index contributed by atoms with van der Waals surface area (Å²) in [5.74, 6) is 0.999. The molecule has 0 spiro atoms. The van der Waals surface area contributed by atoms with Gasteiger partial charge in [-0.15, -0.1) is 0 Å². The summed E-state index contributed by atoms with van der Waals surface area (Å²) >= 11 is 0. The molecule has 1 N–H and O–H groups in total. The van der Waals surface area contributed by atoms with Crippen molar-refractivity contribution in [1.82, 2.24) is 0 Å². The summed E-state index contributed by atoms with van der Waals surface area (Å²) in [6.07, 6.45) is 3.20. The third-order valence-electron chi connectivity index (χ3n) is 5.66. The van der Waals surface area contributed by atoms with Gasteiger partial charge in [-0.3, -0.25) is 0 Å². The third kappa shape index (κ3) is 1.92. The number of aromatic hydroxyl groups is 1. The number of phenols is 1. The predicted octanol–water partition coefficient (Wildman–Crippen LogP) is 4.55. The maximum Gasteiger partial charge on any atom is 0.169 e. The van der Waals surface area contributed by atoms with Crippen LogP contribution in [0.15, 0.2) is 12.1 Å². The maximum absolute atomic E-state index is 11.0. The smallest absolute Gasteiger partial charge is 0.169 e. The van der Waals surface area contributed by atoms with Crippen LogP contribution in [0.2, 0.25) is 0 Å². The minimum absolute atomic E-state index is 0.0190. The Morgan fingerprint density at radius 1 is 1.30 bits per heavy atom. The van der Waals surface area contributed by atoms with E-state index < -0.39 is 0 Å². The molecule has 0 radical (unpaired) electrons. The lowest BCUT2D eigenvalue weighted by Gasteiger charge is -2.37. The van der Waals surface area contributed by atoms with Gasteiger partial charge >= 0.3 is 0 Å². The molecule has 122 valence electrons. The van der Waals surface area contributed by atoms with Crippen molar-refractivity contribution < 1.29 is 14.6 Å². The molecule has 1 aliphatic carbocycles. The van der Waals surface area contributed by atoms with Crippen LogP contribution in [0.4, 0.5) is 0 Å². The molecule has 0 aromatic heterocycles. The van der Waals surface area contributed by atoms with Crippen molar-refractivity contribution in [3.05, 3.63) is 34.4 Å². The van der Waals surface area contributed by atoms with Crippen molar-refractivity contribution in [3.63, 3.8) is 0 Å². The summed E-state index contributed by atoms with van der Waals surface area (Å²) in [6, 6.07) is 4.37. The Morgan fingerprint density at radius 2 is 2.09 bits per heavy atom. The van der Waals surface area contributed by atoms with Crippen LogP contribution in [-0.4, -0.2) is 18.8 Å². The average molecular weight is 312 g/mol. The van der Waals surface area contributed by atoms with E-state index in [9.17, 15) is 5.11 Å². The van der Waals surface area contributed by atoms with E-state index in [1.54, 1.807) is 7.11 Å². The van der Waals surface area contributed by atoms with Gasteiger partial charge in [-0.1, -0.05) is 26.0 Å². The Morgan fingerprint density at radius 3 is 2.83 bits per heavy atom. The Balaban J connectivity index is 2.17. The fourth-order valence-electron chi connectivity index (χ4n) is 4.53. The molecule has 23 heavy (non-hydrogen) atoms. The number of hydrogen-bond acceptors (Lipinski definition) is 3. The molecule has 2 aliphatic rings. The summed E-state index contributed by atoms with van der Waals surface area (Å²) < 4.78 is 11.6. The van der Waals surface area contributed by atoms with Crippen molar-refractivity contribution in [1.29, 1.82) is 0 Å². The number of rotatable bonds is 1. The highest BCUT2D eigenvalue weighted by Crippen LogP contribution is 2.53. The summed E-state index contributed by atoms with van der Waals surface area (Å²) in [7, 11) is 1.72. The molecule has 1 atom stereocenters. The first-order valence-corrected chi connectivity index (χ1v) is 8.43. The Labute approximate surface area is 137 Å². The standard InChI is InChI=1S/C20H24O3/c1-11-7-8-12-13-6-5-9-20(2,3)17(13)18(21)19-16(12)15(11)14(22-4)10-23-19/h7-8,14,21H,5-6,9-10H2,1-4H3/t14-/m1/s1. The van der Waals surface area contributed by atoms with Gasteiger partial charge in [-0.2, -0.15) is 0 Å². The molecule has 0 bridgehead atoms. The second kappa shape index (κ2) is 4.88. The van der Waals surface area contributed by atoms with E-state index in [1.165, 1.54) is 22.1 Å². The summed E-state index contributed by atoms with van der Waals surface area (Å²) in [4.78, 5) is 0. The molecule has 2 aromatic rings. The number of fused-ring (bicyclic) bond motifs is 2. The molecular formula is C20H24O3. The van der Waals surface area contributed by atoms with Crippen molar-refractivity contribution in [3.8, 4) is 11.5 Å². The second-order valence-corrected chi connectivity index (χ2v) is 7.52. The molecule has 2 aromatic carbocycles. The number of aryl methyl sites for hydroxylation is 2. The average Bonchev–Trinajstić information content (AvgIpc) is 2.52. The minimum atomic E-state index is -0.0692. The Kier molecular flexibility index (Phi) is 3.14. The van der Waals surface area contributed by atoms with Crippen molar-refractivity contribution in [2.24, 2.45) is 0 Å². The van der Waals surface area contributed by atoms with E-state index in [0.717, 1.165) is 30.2 Å². The number of ether oxygens (including phenoxy) is 2. The lowest BCUT2D eigenvalue weighted by Crippen LogP contribution is -2.26. The molecule has 0 saturated carbocycles. The normalized spacial score (nSPS) is 21.8. The van der Waals surface area contributed by atoms with Gasteiger partial charge in [0.2, 0.25) is 0 Å². The predicted molar refractivity (Wildman–Crippen MR) is 91.6 cm³/mol. The molecule has 3 heteroatoms. The minimum Gasteiger partial charge on any atom is -0.504 e. The lowest BCUT2D eigenvalue weighted by molar-refractivity contribution is 0.0524. The fraction of sp³-hybridized carbons (Fsp3) is 0.500. The van der Waals surface area contributed by atoms with Gasteiger partial charge in [0, 0.05) is 18.1 Å². The van der Waals surface area contributed by atoms with Gasteiger partial charge < -0.3 is 14.6 Å². The van der Waals surface area contributed by atoms with Gasteiger partial charge in [0.1, 0.15) is 12.7 Å². The first-order valence-electron chi connectivity index (χ1n) is 8.43. The third-order valence-corrected chi connectivity index (χ3v) is 5.66. The van der Waals surface area contributed by atoms with E-state index in [-0.39, 0.29) is 11.5 Å². The van der Waals surface area contributed by atoms with E-state index in [0.29, 0.717) is 18.1 Å². The molecule has 1 heterocycles. The monoisotopic (exact) mass is 312 g/mol. The molecule has 0 amide bonds. The number of methoxy groups -OCH3 is 1. The zero-order valence-corrected chi connectivity index (χ0v) is 14.3. The molecule has 3 nitrogen and oxygen atoms in total. The largest absolute Gasteiger partial charge is 0.504 e.